The Kier molecular flexibility index (Phi) is 5.44. The van der Waals surface area contributed by atoms with Crippen molar-refractivity contribution in [1.82, 2.24) is 4.31 Å². The van der Waals surface area contributed by atoms with E-state index in [-0.39, 0.29) is 24.8 Å². The Morgan fingerprint density at radius 2 is 2.09 bits per heavy atom. The molecule has 0 bridgehead atoms. The molecule has 8 heteroatoms. The third kappa shape index (κ3) is 3.78. The number of ether oxygens (including phenoxy) is 1. The Morgan fingerprint density at radius 3 is 2.64 bits per heavy atom. The highest BCUT2D eigenvalue weighted by molar-refractivity contribution is 7.89. The lowest BCUT2D eigenvalue weighted by Crippen LogP contribution is -2.56. The molecule has 1 aromatic carbocycles. The summed E-state index contributed by atoms with van der Waals surface area (Å²) in [5.74, 6) is -1.42. The molecule has 22 heavy (non-hydrogen) atoms. The second-order valence-electron chi connectivity index (χ2n) is 5.23. The molecule has 0 spiro atoms. The number of benzene rings is 1. The van der Waals surface area contributed by atoms with Gasteiger partial charge in [-0.1, -0.05) is 29.8 Å². The van der Waals surface area contributed by atoms with Gasteiger partial charge in [0.2, 0.25) is 10.0 Å². The summed E-state index contributed by atoms with van der Waals surface area (Å²) in [6, 6.07) is 7.11. The lowest BCUT2D eigenvalue weighted by atomic mass is 9.96. The Hall–Kier alpha value is -1.15. The second kappa shape index (κ2) is 6.95. The van der Waals surface area contributed by atoms with Gasteiger partial charge < -0.3 is 9.84 Å². The van der Waals surface area contributed by atoms with Crippen molar-refractivity contribution in [3.8, 4) is 0 Å². The van der Waals surface area contributed by atoms with E-state index in [0.717, 1.165) is 5.56 Å². The van der Waals surface area contributed by atoms with Gasteiger partial charge in [-0.05, 0) is 18.1 Å². The third-order valence-corrected chi connectivity index (χ3v) is 5.96. The first-order valence-electron chi connectivity index (χ1n) is 6.82. The summed E-state index contributed by atoms with van der Waals surface area (Å²) in [5.41, 5.74) is 0.783. The van der Waals surface area contributed by atoms with Crippen LogP contribution in [0.15, 0.2) is 24.3 Å². The van der Waals surface area contributed by atoms with E-state index in [2.05, 4.69) is 0 Å². The fourth-order valence-electron chi connectivity index (χ4n) is 2.45. The summed E-state index contributed by atoms with van der Waals surface area (Å²) < 4.78 is 30.6. The molecular formula is C14H18ClNO5S. The van der Waals surface area contributed by atoms with Crippen LogP contribution in [0.3, 0.4) is 0 Å². The van der Waals surface area contributed by atoms with E-state index in [4.69, 9.17) is 21.4 Å². The van der Waals surface area contributed by atoms with Crippen LogP contribution < -0.4 is 0 Å². The van der Waals surface area contributed by atoms with E-state index in [1.165, 1.54) is 11.4 Å². The van der Waals surface area contributed by atoms with E-state index >= 15 is 0 Å². The van der Waals surface area contributed by atoms with E-state index in [0.29, 0.717) is 11.4 Å². The number of aryl methyl sites for hydroxylation is 1. The minimum atomic E-state index is -3.41. The highest BCUT2D eigenvalue weighted by atomic mass is 35.5. The molecule has 0 saturated carbocycles. The number of nitrogens with zero attached hydrogens (tertiary/aromatic N) is 1. The average Bonchev–Trinajstić information content (AvgIpc) is 2.40. The number of aliphatic carboxylic acids is 1. The monoisotopic (exact) mass is 347 g/mol. The lowest BCUT2D eigenvalue weighted by Gasteiger charge is -2.40. The molecule has 1 aliphatic heterocycles. The number of carboxylic acid groups (broad SMARTS) is 1. The number of sulfonamides is 1. The van der Waals surface area contributed by atoms with Crippen molar-refractivity contribution < 1.29 is 23.1 Å². The summed E-state index contributed by atoms with van der Waals surface area (Å²) in [5, 5.41) is 9.52. The molecule has 1 fully saturated rings. The van der Waals surface area contributed by atoms with Crippen molar-refractivity contribution >= 4 is 27.6 Å². The summed E-state index contributed by atoms with van der Waals surface area (Å²) in [7, 11) is -2.10. The van der Waals surface area contributed by atoms with Crippen LogP contribution >= 0.6 is 11.6 Å². The van der Waals surface area contributed by atoms with Gasteiger partial charge in [0.1, 0.15) is 0 Å². The van der Waals surface area contributed by atoms with Crippen molar-refractivity contribution in [2.24, 2.45) is 5.92 Å². The number of rotatable bonds is 7. The minimum Gasteiger partial charge on any atom is -0.479 e. The minimum absolute atomic E-state index is 0.0474. The molecule has 1 aliphatic rings. The van der Waals surface area contributed by atoms with Gasteiger partial charge >= 0.3 is 5.97 Å². The van der Waals surface area contributed by atoms with Crippen LogP contribution in [0.5, 0.6) is 0 Å². The standard InChI is InChI=1S/C14H18ClNO5S/c1-21-13(14(17)18)11-8-16(9-11)22(19,20)7-6-10-4-2-3-5-12(10)15/h2-5,11,13H,6-9H2,1H3,(H,17,18). The zero-order chi connectivity index (χ0) is 16.3. The maximum absolute atomic E-state index is 12.2. The largest absolute Gasteiger partial charge is 0.479 e. The van der Waals surface area contributed by atoms with Crippen LogP contribution in [0.25, 0.3) is 0 Å². The Morgan fingerprint density at radius 1 is 1.45 bits per heavy atom. The topological polar surface area (TPSA) is 83.9 Å². The van der Waals surface area contributed by atoms with Gasteiger partial charge in [-0.25, -0.2) is 17.5 Å². The summed E-state index contributed by atoms with van der Waals surface area (Å²) in [4.78, 5) is 11.0. The van der Waals surface area contributed by atoms with E-state index in [1.807, 2.05) is 6.07 Å². The van der Waals surface area contributed by atoms with E-state index in [1.54, 1.807) is 18.2 Å². The van der Waals surface area contributed by atoms with Gasteiger partial charge in [0.05, 0.1) is 5.75 Å². The Bertz CT molecular complexity index is 642. The van der Waals surface area contributed by atoms with Crippen LogP contribution in [0.4, 0.5) is 0 Å². The molecule has 0 aromatic heterocycles. The van der Waals surface area contributed by atoms with Gasteiger partial charge in [-0.15, -0.1) is 0 Å². The van der Waals surface area contributed by atoms with Gasteiger partial charge in [0.25, 0.3) is 0 Å². The first-order valence-corrected chi connectivity index (χ1v) is 8.80. The predicted molar refractivity (Wildman–Crippen MR) is 82.4 cm³/mol. The molecule has 1 aromatic rings. The van der Waals surface area contributed by atoms with Gasteiger partial charge in [0.15, 0.2) is 6.10 Å². The van der Waals surface area contributed by atoms with E-state index in [9.17, 15) is 13.2 Å². The Balaban J connectivity index is 1.91. The second-order valence-corrected chi connectivity index (χ2v) is 7.72. The average molecular weight is 348 g/mol. The number of halogens is 1. The highest BCUT2D eigenvalue weighted by Gasteiger charge is 2.42. The molecule has 1 saturated heterocycles. The number of hydrogen-bond donors (Lipinski definition) is 1. The van der Waals surface area contributed by atoms with Crippen LogP contribution in [0.2, 0.25) is 5.02 Å². The van der Waals surface area contributed by atoms with Crippen molar-refractivity contribution in [2.75, 3.05) is 26.0 Å². The molecule has 0 radical (unpaired) electrons. The highest BCUT2D eigenvalue weighted by Crippen LogP contribution is 2.25. The van der Waals surface area contributed by atoms with E-state index < -0.39 is 22.1 Å². The molecule has 0 amide bonds. The molecule has 6 nitrogen and oxygen atoms in total. The van der Waals surface area contributed by atoms with Crippen LogP contribution in [-0.2, 0) is 26.0 Å². The first kappa shape index (κ1) is 17.2. The zero-order valence-corrected chi connectivity index (χ0v) is 13.7. The molecule has 122 valence electrons. The quantitative estimate of drug-likeness (QED) is 0.802. The maximum Gasteiger partial charge on any atom is 0.333 e. The molecule has 0 aliphatic carbocycles. The summed E-state index contributed by atoms with van der Waals surface area (Å²) in [6.07, 6.45) is -0.634. The Labute approximate surface area is 134 Å². The fourth-order valence-corrected chi connectivity index (χ4v) is 4.26. The molecule has 2 rings (SSSR count). The molecular weight excluding hydrogens is 330 g/mol. The van der Waals surface area contributed by atoms with Crippen LogP contribution in [0, 0.1) is 5.92 Å². The van der Waals surface area contributed by atoms with Crippen LogP contribution in [-0.4, -0.2) is 55.9 Å². The van der Waals surface area contributed by atoms with Gasteiger partial charge in [-0.3, -0.25) is 0 Å². The van der Waals surface area contributed by atoms with Crippen molar-refractivity contribution in [2.45, 2.75) is 12.5 Å². The summed E-state index contributed by atoms with van der Waals surface area (Å²) >= 11 is 6.01. The van der Waals surface area contributed by atoms with Crippen molar-refractivity contribution in [1.29, 1.82) is 0 Å². The molecule has 1 atom stereocenters. The fraction of sp³-hybridized carbons (Fsp3) is 0.500. The van der Waals surface area contributed by atoms with Crippen molar-refractivity contribution in [3.63, 3.8) is 0 Å². The predicted octanol–water partition coefficient (Wildman–Crippen LogP) is 1.24. The number of methoxy groups -OCH3 is 1. The number of carbonyl (C=O) groups is 1. The first-order chi connectivity index (χ1) is 10.3. The maximum atomic E-state index is 12.2. The van der Waals surface area contributed by atoms with Crippen LogP contribution in [0.1, 0.15) is 5.56 Å². The molecule has 1 N–H and O–H groups in total. The molecule has 1 unspecified atom stereocenters. The number of carboxylic acids is 1. The lowest BCUT2D eigenvalue weighted by molar-refractivity contribution is -0.154. The SMILES string of the molecule is COC(C(=O)O)C1CN(S(=O)(=O)CCc2ccccc2Cl)C1. The van der Waals surface area contributed by atoms with Crippen molar-refractivity contribution in [3.05, 3.63) is 34.9 Å². The van der Waals surface area contributed by atoms with Gasteiger partial charge in [-0.2, -0.15) is 0 Å². The zero-order valence-electron chi connectivity index (χ0n) is 12.1. The number of hydrogen-bond acceptors (Lipinski definition) is 4. The normalized spacial score (nSPS) is 17.9. The summed E-state index contributed by atoms with van der Waals surface area (Å²) in [6.45, 7) is 0.353. The van der Waals surface area contributed by atoms with Gasteiger partial charge in [0, 0.05) is 31.1 Å². The third-order valence-electron chi connectivity index (χ3n) is 3.78. The smallest absolute Gasteiger partial charge is 0.333 e. The molecule has 1 heterocycles.